The SMILES string of the molecule is COc1cc2c(Nc3cnn(CC(=O)Nc4cccc(F)c4)c3)ncnc2cc1OCCCNC1CC1. The molecule has 0 radical (unpaired) electrons. The molecular formula is C26H28FN7O3. The lowest BCUT2D eigenvalue weighted by atomic mass is 10.2. The van der Waals surface area contributed by atoms with Crippen LogP contribution in [0.25, 0.3) is 10.9 Å². The summed E-state index contributed by atoms with van der Waals surface area (Å²) in [7, 11) is 1.60. The van der Waals surface area contributed by atoms with Gasteiger partial charge in [0.25, 0.3) is 0 Å². The van der Waals surface area contributed by atoms with Crippen LogP contribution in [0.15, 0.2) is 55.1 Å². The van der Waals surface area contributed by atoms with Crippen molar-refractivity contribution in [3.05, 3.63) is 60.9 Å². The molecule has 2 heterocycles. The van der Waals surface area contributed by atoms with Gasteiger partial charge in [0.1, 0.15) is 24.5 Å². The first-order valence-corrected chi connectivity index (χ1v) is 12.1. The Balaban J connectivity index is 1.23. The molecule has 0 bridgehead atoms. The molecule has 11 heteroatoms. The summed E-state index contributed by atoms with van der Waals surface area (Å²) in [6, 6.07) is 10.1. The molecule has 0 atom stereocenters. The fourth-order valence-electron chi connectivity index (χ4n) is 3.85. The largest absolute Gasteiger partial charge is 0.493 e. The number of halogens is 1. The van der Waals surface area contributed by atoms with E-state index in [1.54, 1.807) is 25.6 Å². The molecule has 0 saturated heterocycles. The highest BCUT2D eigenvalue weighted by Gasteiger charge is 2.19. The third kappa shape index (κ3) is 6.50. The quantitative estimate of drug-likeness (QED) is 0.249. The van der Waals surface area contributed by atoms with E-state index in [1.807, 2.05) is 12.1 Å². The first kappa shape index (κ1) is 24.4. The standard InChI is InChI=1S/C26H28FN7O3/c1-36-23-11-21-22(12-24(23)37-9-3-8-28-18-6-7-18)29-16-30-26(21)33-20-13-31-34(14-20)15-25(35)32-19-5-2-4-17(27)10-19/h2,4-5,10-14,16,18,28H,3,6-9,15H2,1H3,(H,32,35)(H,29,30,33). The van der Waals surface area contributed by atoms with Crippen molar-refractivity contribution >= 4 is 34.0 Å². The van der Waals surface area contributed by atoms with Crippen LogP contribution >= 0.6 is 0 Å². The Morgan fingerprint density at radius 2 is 2.05 bits per heavy atom. The van der Waals surface area contributed by atoms with Crippen LogP contribution in [0.3, 0.4) is 0 Å². The van der Waals surface area contributed by atoms with Crippen LogP contribution < -0.4 is 25.4 Å². The van der Waals surface area contributed by atoms with Gasteiger partial charge in [-0.15, -0.1) is 0 Å². The summed E-state index contributed by atoms with van der Waals surface area (Å²) >= 11 is 0. The Labute approximate surface area is 213 Å². The summed E-state index contributed by atoms with van der Waals surface area (Å²) in [6.45, 7) is 1.47. The Morgan fingerprint density at radius 1 is 1.16 bits per heavy atom. The Morgan fingerprint density at radius 3 is 2.86 bits per heavy atom. The highest BCUT2D eigenvalue weighted by molar-refractivity contribution is 5.93. The van der Waals surface area contributed by atoms with Crippen LogP contribution in [0.2, 0.25) is 0 Å². The number of hydrogen-bond donors (Lipinski definition) is 3. The van der Waals surface area contributed by atoms with Crippen molar-refractivity contribution in [3.8, 4) is 11.5 Å². The Kier molecular flexibility index (Phi) is 7.41. The number of benzene rings is 2. The lowest BCUT2D eigenvalue weighted by Crippen LogP contribution is -2.19. The van der Waals surface area contributed by atoms with Crippen LogP contribution in [-0.4, -0.2) is 52.0 Å². The van der Waals surface area contributed by atoms with Crippen molar-refractivity contribution in [2.45, 2.75) is 31.8 Å². The van der Waals surface area contributed by atoms with Crippen LogP contribution in [0.1, 0.15) is 19.3 Å². The zero-order valence-corrected chi connectivity index (χ0v) is 20.4. The molecule has 1 amide bonds. The number of rotatable bonds is 12. The van der Waals surface area contributed by atoms with Gasteiger partial charge in [-0.05, 0) is 50.1 Å². The monoisotopic (exact) mass is 505 g/mol. The fourth-order valence-corrected chi connectivity index (χ4v) is 3.85. The van der Waals surface area contributed by atoms with E-state index < -0.39 is 5.82 Å². The minimum Gasteiger partial charge on any atom is -0.493 e. The van der Waals surface area contributed by atoms with Crippen molar-refractivity contribution in [1.29, 1.82) is 0 Å². The molecule has 0 unspecified atom stereocenters. The average molecular weight is 506 g/mol. The van der Waals surface area contributed by atoms with E-state index in [4.69, 9.17) is 9.47 Å². The van der Waals surface area contributed by atoms with Gasteiger partial charge in [-0.1, -0.05) is 6.07 Å². The normalized spacial score (nSPS) is 12.9. The maximum atomic E-state index is 13.3. The third-order valence-corrected chi connectivity index (χ3v) is 5.82. The van der Waals surface area contributed by atoms with E-state index >= 15 is 0 Å². The number of amides is 1. The maximum Gasteiger partial charge on any atom is 0.246 e. The molecule has 1 fully saturated rings. The molecule has 2 aromatic heterocycles. The number of fused-ring (bicyclic) bond motifs is 1. The highest BCUT2D eigenvalue weighted by atomic mass is 19.1. The molecule has 1 aliphatic rings. The minimum atomic E-state index is -0.420. The lowest BCUT2D eigenvalue weighted by molar-refractivity contribution is -0.116. The second kappa shape index (κ2) is 11.2. The van der Waals surface area contributed by atoms with Gasteiger partial charge < -0.3 is 25.4 Å². The number of carbonyl (C=O) groups is 1. The molecule has 192 valence electrons. The summed E-state index contributed by atoms with van der Waals surface area (Å²) in [4.78, 5) is 21.1. The molecule has 3 N–H and O–H groups in total. The molecule has 4 aromatic rings. The number of hydrogen-bond acceptors (Lipinski definition) is 8. The van der Waals surface area contributed by atoms with Crippen molar-refractivity contribution in [2.75, 3.05) is 30.9 Å². The minimum absolute atomic E-state index is 0.0343. The van der Waals surface area contributed by atoms with E-state index in [0.717, 1.165) is 18.4 Å². The fraction of sp³-hybridized carbons (Fsp3) is 0.308. The zero-order valence-electron chi connectivity index (χ0n) is 20.4. The van der Waals surface area contributed by atoms with E-state index in [0.29, 0.717) is 46.9 Å². The molecule has 1 aliphatic carbocycles. The Hall–Kier alpha value is -4.25. The average Bonchev–Trinajstić information content (AvgIpc) is 3.61. The Bertz CT molecular complexity index is 1390. The first-order chi connectivity index (χ1) is 18.1. The zero-order chi connectivity index (χ0) is 25.6. The van der Waals surface area contributed by atoms with Gasteiger partial charge in [-0.3, -0.25) is 9.48 Å². The predicted octanol–water partition coefficient (Wildman–Crippen LogP) is 3.88. The number of anilines is 3. The first-order valence-electron chi connectivity index (χ1n) is 12.1. The second-order valence-corrected chi connectivity index (χ2v) is 8.78. The van der Waals surface area contributed by atoms with Crippen molar-refractivity contribution in [3.63, 3.8) is 0 Å². The number of methoxy groups -OCH3 is 1. The van der Waals surface area contributed by atoms with Gasteiger partial charge in [0.15, 0.2) is 11.5 Å². The van der Waals surface area contributed by atoms with Crippen LogP contribution in [0.4, 0.5) is 21.6 Å². The molecule has 10 nitrogen and oxygen atoms in total. The molecule has 37 heavy (non-hydrogen) atoms. The lowest BCUT2D eigenvalue weighted by Gasteiger charge is -2.13. The summed E-state index contributed by atoms with van der Waals surface area (Å²) in [5.74, 6) is 1.03. The molecule has 5 rings (SSSR count). The van der Waals surface area contributed by atoms with Gasteiger partial charge in [-0.25, -0.2) is 14.4 Å². The van der Waals surface area contributed by atoms with E-state index in [-0.39, 0.29) is 12.5 Å². The van der Waals surface area contributed by atoms with Crippen molar-refractivity contribution in [2.24, 2.45) is 0 Å². The van der Waals surface area contributed by atoms with Crippen LogP contribution in [0, 0.1) is 5.82 Å². The summed E-state index contributed by atoms with van der Waals surface area (Å²) < 4.78 is 26.3. The molecular weight excluding hydrogens is 477 g/mol. The van der Waals surface area contributed by atoms with Crippen molar-refractivity contribution < 1.29 is 18.7 Å². The smallest absolute Gasteiger partial charge is 0.246 e. The van der Waals surface area contributed by atoms with Gasteiger partial charge in [-0.2, -0.15) is 5.10 Å². The van der Waals surface area contributed by atoms with Gasteiger partial charge in [0, 0.05) is 29.4 Å². The van der Waals surface area contributed by atoms with Crippen molar-refractivity contribution in [1.82, 2.24) is 25.1 Å². The molecule has 0 aliphatic heterocycles. The van der Waals surface area contributed by atoms with Gasteiger partial charge in [0.2, 0.25) is 5.91 Å². The third-order valence-electron chi connectivity index (χ3n) is 5.82. The number of nitrogens with zero attached hydrogens (tertiary/aromatic N) is 4. The summed E-state index contributed by atoms with van der Waals surface area (Å²) in [5, 5.41) is 14.3. The molecule has 0 spiro atoms. The second-order valence-electron chi connectivity index (χ2n) is 8.78. The topological polar surface area (TPSA) is 115 Å². The van der Waals surface area contributed by atoms with Crippen LogP contribution in [0.5, 0.6) is 11.5 Å². The number of carbonyl (C=O) groups excluding carboxylic acids is 1. The van der Waals surface area contributed by atoms with E-state index in [2.05, 4.69) is 31.0 Å². The molecule has 1 saturated carbocycles. The van der Waals surface area contributed by atoms with Gasteiger partial charge in [0.05, 0.1) is 31.1 Å². The summed E-state index contributed by atoms with van der Waals surface area (Å²) in [5.41, 5.74) is 1.72. The predicted molar refractivity (Wildman–Crippen MR) is 138 cm³/mol. The highest BCUT2D eigenvalue weighted by Crippen LogP contribution is 2.34. The van der Waals surface area contributed by atoms with Gasteiger partial charge >= 0.3 is 0 Å². The number of nitrogens with one attached hydrogen (secondary N) is 3. The van der Waals surface area contributed by atoms with Crippen LogP contribution in [-0.2, 0) is 11.3 Å². The van der Waals surface area contributed by atoms with E-state index in [9.17, 15) is 9.18 Å². The molecule has 2 aromatic carbocycles. The maximum absolute atomic E-state index is 13.3. The van der Waals surface area contributed by atoms with E-state index in [1.165, 1.54) is 42.0 Å². The summed E-state index contributed by atoms with van der Waals surface area (Å²) in [6.07, 6.45) is 8.18. The number of ether oxygens (including phenoxy) is 2. The number of aromatic nitrogens is 4.